The second-order valence-electron chi connectivity index (χ2n) is 6.99. The van der Waals surface area contributed by atoms with Gasteiger partial charge in [-0.25, -0.2) is 13.2 Å². The maximum absolute atomic E-state index is 13.2. The fourth-order valence-electron chi connectivity index (χ4n) is 3.61. The third kappa shape index (κ3) is 3.50. The summed E-state index contributed by atoms with van der Waals surface area (Å²) in [5.41, 5.74) is 0.595. The molecule has 0 radical (unpaired) electrons. The number of rotatable bonds is 5. The van der Waals surface area contributed by atoms with Gasteiger partial charge >= 0.3 is 5.97 Å². The molecule has 160 valence electrons. The zero-order valence-electron chi connectivity index (χ0n) is 16.5. The lowest BCUT2D eigenvalue weighted by molar-refractivity contribution is -0.119. The Kier molecular flexibility index (Phi) is 5.16. The van der Waals surface area contributed by atoms with Crippen LogP contribution in [0.1, 0.15) is 23.3 Å². The topological polar surface area (TPSA) is 116 Å². The molecule has 11 heteroatoms. The van der Waals surface area contributed by atoms with Crippen molar-refractivity contribution >= 4 is 27.6 Å². The van der Waals surface area contributed by atoms with E-state index in [2.05, 4.69) is 10.1 Å². The largest absolute Gasteiger partial charge is 0.464 e. The molecule has 0 aliphatic carbocycles. The monoisotopic (exact) mass is 435 g/mol. The number of carbonyl (C=O) groups excluding carboxylic acids is 2. The number of ether oxygens (including phenoxy) is 3. The van der Waals surface area contributed by atoms with E-state index in [9.17, 15) is 18.0 Å². The van der Waals surface area contributed by atoms with Crippen molar-refractivity contribution in [2.24, 2.45) is 7.05 Å². The Morgan fingerprint density at radius 2 is 1.97 bits per heavy atom. The molecule has 10 nitrogen and oxygen atoms in total. The fraction of sp³-hybridized carbons (Fsp3) is 0.368. The van der Waals surface area contributed by atoms with Crippen LogP contribution in [0.4, 0.5) is 5.69 Å². The average molecular weight is 435 g/mol. The summed E-state index contributed by atoms with van der Waals surface area (Å²) in [6, 6.07) is 5.38. The van der Waals surface area contributed by atoms with Crippen LogP contribution in [0.25, 0.3) is 0 Å². The molecule has 0 spiro atoms. The molecule has 4 rings (SSSR count). The van der Waals surface area contributed by atoms with Gasteiger partial charge in [-0.2, -0.15) is 4.31 Å². The van der Waals surface area contributed by atoms with Crippen molar-refractivity contribution in [1.29, 1.82) is 0 Å². The van der Waals surface area contributed by atoms with Gasteiger partial charge in [0.15, 0.2) is 11.5 Å². The summed E-state index contributed by atoms with van der Waals surface area (Å²) in [7, 11) is -1.20. The maximum Gasteiger partial charge on any atom is 0.354 e. The smallest absolute Gasteiger partial charge is 0.354 e. The normalized spacial score (nSPS) is 18.4. The Balaban J connectivity index is 1.55. The molecular weight excluding hydrogens is 414 g/mol. The first kappa shape index (κ1) is 20.2. The van der Waals surface area contributed by atoms with Crippen LogP contribution < -0.4 is 14.8 Å². The zero-order valence-corrected chi connectivity index (χ0v) is 17.3. The van der Waals surface area contributed by atoms with E-state index >= 15 is 0 Å². The summed E-state index contributed by atoms with van der Waals surface area (Å²) < 4.78 is 44.1. The summed E-state index contributed by atoms with van der Waals surface area (Å²) in [6.07, 6.45) is 2.29. The Bertz CT molecular complexity index is 1110. The molecule has 1 N–H and O–H groups in total. The second kappa shape index (κ2) is 7.65. The molecule has 1 atom stereocenters. The van der Waals surface area contributed by atoms with Crippen LogP contribution in [0.5, 0.6) is 11.5 Å². The van der Waals surface area contributed by atoms with Crippen LogP contribution in [-0.2, 0) is 26.6 Å². The number of nitrogens with zero attached hydrogens (tertiary/aromatic N) is 2. The number of benzene rings is 1. The van der Waals surface area contributed by atoms with Crippen LogP contribution >= 0.6 is 0 Å². The van der Waals surface area contributed by atoms with Crippen molar-refractivity contribution in [3.63, 3.8) is 0 Å². The van der Waals surface area contributed by atoms with Crippen LogP contribution in [0.15, 0.2) is 35.4 Å². The van der Waals surface area contributed by atoms with Crippen LogP contribution in [0.3, 0.4) is 0 Å². The van der Waals surface area contributed by atoms with E-state index in [4.69, 9.17) is 9.47 Å². The summed E-state index contributed by atoms with van der Waals surface area (Å²) in [4.78, 5) is 24.6. The fourth-order valence-corrected chi connectivity index (χ4v) is 5.34. The van der Waals surface area contributed by atoms with Crippen molar-refractivity contribution in [3.8, 4) is 11.5 Å². The van der Waals surface area contributed by atoms with Gasteiger partial charge in [-0.05, 0) is 31.0 Å². The van der Waals surface area contributed by atoms with Gasteiger partial charge in [0.1, 0.15) is 16.6 Å². The highest BCUT2D eigenvalue weighted by Crippen LogP contribution is 2.35. The van der Waals surface area contributed by atoms with Gasteiger partial charge in [0.25, 0.3) is 0 Å². The first-order valence-electron chi connectivity index (χ1n) is 9.28. The number of anilines is 1. The molecule has 1 amide bonds. The molecule has 1 fully saturated rings. The molecule has 0 bridgehead atoms. The van der Waals surface area contributed by atoms with Gasteiger partial charge in [-0.3, -0.25) is 4.79 Å². The van der Waals surface area contributed by atoms with Crippen LogP contribution in [0, 0.1) is 0 Å². The highest BCUT2D eigenvalue weighted by atomic mass is 32.2. The summed E-state index contributed by atoms with van der Waals surface area (Å²) in [5.74, 6) is 0.0309. The number of hydrogen-bond donors (Lipinski definition) is 1. The lowest BCUT2D eigenvalue weighted by atomic mass is 10.2. The van der Waals surface area contributed by atoms with E-state index in [-0.39, 0.29) is 23.9 Å². The Morgan fingerprint density at radius 3 is 2.73 bits per heavy atom. The third-order valence-electron chi connectivity index (χ3n) is 5.13. The third-order valence-corrected chi connectivity index (χ3v) is 7.00. The minimum Gasteiger partial charge on any atom is -0.464 e. The molecule has 2 aromatic rings. The Morgan fingerprint density at radius 1 is 1.20 bits per heavy atom. The molecule has 1 saturated heterocycles. The second-order valence-corrected chi connectivity index (χ2v) is 8.89. The number of methoxy groups -OCH3 is 1. The number of amides is 1. The van der Waals surface area contributed by atoms with Crippen molar-refractivity contribution in [2.45, 2.75) is 23.8 Å². The number of aromatic nitrogens is 1. The van der Waals surface area contributed by atoms with E-state index in [1.807, 2.05) is 0 Å². The minimum absolute atomic E-state index is 0.0619. The number of hydrogen-bond acceptors (Lipinski definition) is 7. The standard InChI is InChI=1S/C19H21N3O7S/c1-21-10-13(9-15(21)19(24)27-2)30(25,26)22-7-3-4-14(22)18(23)20-12-5-6-16-17(8-12)29-11-28-16/h5-6,8-10,14H,3-4,7,11H2,1-2H3,(H,20,23)/t14-/m0/s1. The average Bonchev–Trinajstić information content (AvgIpc) is 3.46. The molecule has 2 aliphatic heterocycles. The van der Waals surface area contributed by atoms with E-state index in [0.29, 0.717) is 30.0 Å². The molecule has 30 heavy (non-hydrogen) atoms. The first-order chi connectivity index (χ1) is 14.3. The minimum atomic E-state index is -3.98. The van der Waals surface area contributed by atoms with Crippen molar-refractivity contribution in [2.75, 3.05) is 25.8 Å². The van der Waals surface area contributed by atoms with Crippen molar-refractivity contribution < 1.29 is 32.2 Å². The summed E-state index contributed by atoms with van der Waals surface area (Å²) >= 11 is 0. The van der Waals surface area contributed by atoms with E-state index in [1.54, 1.807) is 25.2 Å². The Labute approximate surface area is 173 Å². The SMILES string of the molecule is COC(=O)c1cc(S(=O)(=O)N2CCC[C@H]2C(=O)Nc2ccc3c(c2)OCO3)cn1C. The summed E-state index contributed by atoms with van der Waals surface area (Å²) in [5, 5.41) is 2.75. The number of fused-ring (bicyclic) bond motifs is 1. The lowest BCUT2D eigenvalue weighted by Crippen LogP contribution is -2.43. The number of carbonyl (C=O) groups is 2. The molecule has 2 aliphatic rings. The molecule has 0 saturated carbocycles. The predicted octanol–water partition coefficient (Wildman–Crippen LogP) is 1.33. The highest BCUT2D eigenvalue weighted by molar-refractivity contribution is 7.89. The first-order valence-corrected chi connectivity index (χ1v) is 10.7. The van der Waals surface area contributed by atoms with Gasteiger partial charge in [0.05, 0.1) is 7.11 Å². The maximum atomic E-state index is 13.2. The number of nitrogens with one attached hydrogen (secondary N) is 1. The van der Waals surface area contributed by atoms with Gasteiger partial charge in [0, 0.05) is 31.5 Å². The van der Waals surface area contributed by atoms with E-state index in [1.165, 1.54) is 28.2 Å². The van der Waals surface area contributed by atoms with Crippen molar-refractivity contribution in [1.82, 2.24) is 8.87 Å². The zero-order chi connectivity index (χ0) is 21.5. The van der Waals surface area contributed by atoms with Gasteiger partial charge < -0.3 is 24.1 Å². The van der Waals surface area contributed by atoms with Crippen LogP contribution in [0.2, 0.25) is 0 Å². The van der Waals surface area contributed by atoms with E-state index < -0.39 is 27.9 Å². The van der Waals surface area contributed by atoms with Gasteiger partial charge in [0.2, 0.25) is 22.7 Å². The molecular formula is C19H21N3O7S. The Hall–Kier alpha value is -3.05. The lowest BCUT2D eigenvalue weighted by Gasteiger charge is -2.23. The molecule has 1 aromatic carbocycles. The molecule has 3 heterocycles. The molecule has 0 unspecified atom stereocenters. The van der Waals surface area contributed by atoms with Crippen LogP contribution in [-0.4, -0.2) is 55.7 Å². The highest BCUT2D eigenvalue weighted by Gasteiger charge is 2.40. The number of sulfonamides is 1. The van der Waals surface area contributed by atoms with Gasteiger partial charge in [-0.1, -0.05) is 0 Å². The quantitative estimate of drug-likeness (QED) is 0.705. The summed E-state index contributed by atoms with van der Waals surface area (Å²) in [6.45, 7) is 0.329. The van der Waals surface area contributed by atoms with E-state index in [0.717, 1.165) is 0 Å². The van der Waals surface area contributed by atoms with Crippen molar-refractivity contribution in [3.05, 3.63) is 36.2 Å². The van der Waals surface area contributed by atoms with Gasteiger partial charge in [-0.15, -0.1) is 0 Å². The number of aryl methyl sites for hydroxylation is 1. The molecule has 1 aromatic heterocycles. The number of esters is 1. The predicted molar refractivity (Wildman–Crippen MR) is 105 cm³/mol.